The topological polar surface area (TPSA) is 45.7 Å². The zero-order valence-electron chi connectivity index (χ0n) is 14.0. The first-order valence-electron chi connectivity index (χ1n) is 8.22. The summed E-state index contributed by atoms with van der Waals surface area (Å²) in [5.41, 5.74) is 2.01. The highest BCUT2D eigenvalue weighted by Crippen LogP contribution is 2.15. The third-order valence-corrected chi connectivity index (χ3v) is 4.97. The van der Waals surface area contributed by atoms with E-state index >= 15 is 0 Å². The number of hydrogen-bond donors (Lipinski definition) is 0. The molecule has 24 heavy (non-hydrogen) atoms. The SMILES string of the molecule is CN(Cc1csc(CN2CCOCC2)n1)C(=O)Cc1ccccc1. The van der Waals surface area contributed by atoms with Gasteiger partial charge in [-0.2, -0.15) is 0 Å². The van der Waals surface area contributed by atoms with Gasteiger partial charge in [-0.1, -0.05) is 30.3 Å². The van der Waals surface area contributed by atoms with Gasteiger partial charge in [-0.15, -0.1) is 11.3 Å². The number of likely N-dealkylation sites (N-methyl/N-ethyl adjacent to an activating group) is 1. The van der Waals surface area contributed by atoms with Crippen molar-refractivity contribution in [1.29, 1.82) is 0 Å². The van der Waals surface area contributed by atoms with E-state index < -0.39 is 0 Å². The Morgan fingerprint density at radius 1 is 1.29 bits per heavy atom. The molecule has 1 aliphatic heterocycles. The second kappa shape index (κ2) is 8.37. The van der Waals surface area contributed by atoms with Crippen molar-refractivity contribution >= 4 is 17.2 Å². The number of aromatic nitrogens is 1. The molecule has 2 aromatic rings. The fourth-order valence-corrected chi connectivity index (χ4v) is 3.51. The number of thiazole rings is 1. The summed E-state index contributed by atoms with van der Waals surface area (Å²) in [6, 6.07) is 9.84. The van der Waals surface area contributed by atoms with Crippen molar-refractivity contribution in [1.82, 2.24) is 14.8 Å². The van der Waals surface area contributed by atoms with Crippen molar-refractivity contribution in [3.63, 3.8) is 0 Å². The van der Waals surface area contributed by atoms with Crippen LogP contribution in [0.1, 0.15) is 16.3 Å². The van der Waals surface area contributed by atoms with E-state index in [9.17, 15) is 4.79 Å². The van der Waals surface area contributed by atoms with Gasteiger partial charge in [-0.3, -0.25) is 9.69 Å². The monoisotopic (exact) mass is 345 g/mol. The van der Waals surface area contributed by atoms with Crippen LogP contribution in [0.4, 0.5) is 0 Å². The molecule has 1 aromatic carbocycles. The molecule has 6 heteroatoms. The maximum atomic E-state index is 12.3. The number of carbonyl (C=O) groups is 1. The van der Waals surface area contributed by atoms with Gasteiger partial charge in [-0.25, -0.2) is 4.98 Å². The fraction of sp³-hybridized carbons (Fsp3) is 0.444. The lowest BCUT2D eigenvalue weighted by Gasteiger charge is -2.25. The van der Waals surface area contributed by atoms with Crippen LogP contribution >= 0.6 is 11.3 Å². The summed E-state index contributed by atoms with van der Waals surface area (Å²) in [6.45, 7) is 4.96. The summed E-state index contributed by atoms with van der Waals surface area (Å²) >= 11 is 1.67. The van der Waals surface area contributed by atoms with Crippen LogP contribution in [-0.2, 0) is 29.0 Å². The molecule has 0 bridgehead atoms. The quantitative estimate of drug-likeness (QED) is 0.805. The molecule has 1 saturated heterocycles. The second-order valence-corrected chi connectivity index (χ2v) is 6.98. The Kier molecular flexibility index (Phi) is 5.96. The number of carbonyl (C=O) groups excluding carboxylic acids is 1. The average molecular weight is 345 g/mol. The van der Waals surface area contributed by atoms with Crippen LogP contribution in [0.25, 0.3) is 0 Å². The first kappa shape index (κ1) is 17.1. The van der Waals surface area contributed by atoms with E-state index in [4.69, 9.17) is 4.74 Å². The molecule has 0 N–H and O–H groups in total. The van der Waals surface area contributed by atoms with E-state index in [0.717, 1.165) is 49.1 Å². The molecule has 0 unspecified atom stereocenters. The number of morpholine rings is 1. The fourth-order valence-electron chi connectivity index (χ4n) is 2.68. The molecular formula is C18H23N3O2S. The summed E-state index contributed by atoms with van der Waals surface area (Å²) in [6.07, 6.45) is 0.433. The van der Waals surface area contributed by atoms with Crippen molar-refractivity contribution in [3.8, 4) is 0 Å². The second-order valence-electron chi connectivity index (χ2n) is 6.03. The minimum atomic E-state index is 0.115. The molecule has 0 atom stereocenters. The van der Waals surface area contributed by atoms with Crippen LogP contribution in [0.3, 0.4) is 0 Å². The number of nitrogens with zero attached hydrogens (tertiary/aromatic N) is 3. The lowest BCUT2D eigenvalue weighted by atomic mass is 10.1. The number of hydrogen-bond acceptors (Lipinski definition) is 5. The summed E-state index contributed by atoms with van der Waals surface area (Å²) in [7, 11) is 1.84. The molecule has 0 saturated carbocycles. The molecule has 5 nitrogen and oxygen atoms in total. The van der Waals surface area contributed by atoms with Crippen LogP contribution in [0.5, 0.6) is 0 Å². The van der Waals surface area contributed by atoms with E-state index in [1.54, 1.807) is 16.2 Å². The Balaban J connectivity index is 1.50. The van der Waals surface area contributed by atoms with E-state index in [1.807, 2.05) is 37.4 Å². The normalized spacial score (nSPS) is 15.4. The molecule has 1 amide bonds. The van der Waals surface area contributed by atoms with Gasteiger partial charge in [0.2, 0.25) is 5.91 Å². The molecule has 128 valence electrons. The Bertz CT molecular complexity index is 653. The zero-order valence-corrected chi connectivity index (χ0v) is 14.8. The zero-order chi connectivity index (χ0) is 16.8. The van der Waals surface area contributed by atoms with Gasteiger partial charge in [0, 0.05) is 25.5 Å². The van der Waals surface area contributed by atoms with Gasteiger partial charge < -0.3 is 9.64 Å². The number of ether oxygens (including phenoxy) is 1. The molecule has 1 fully saturated rings. The van der Waals surface area contributed by atoms with Crippen molar-refractivity contribution in [2.45, 2.75) is 19.5 Å². The highest BCUT2D eigenvalue weighted by Gasteiger charge is 2.15. The van der Waals surface area contributed by atoms with Gasteiger partial charge in [0.15, 0.2) is 0 Å². The van der Waals surface area contributed by atoms with Gasteiger partial charge in [0.1, 0.15) is 5.01 Å². The predicted octanol–water partition coefficient (Wildman–Crippen LogP) is 2.18. The van der Waals surface area contributed by atoms with Crippen LogP contribution in [0, 0.1) is 0 Å². The van der Waals surface area contributed by atoms with Crippen LogP contribution in [0.15, 0.2) is 35.7 Å². The average Bonchev–Trinajstić information content (AvgIpc) is 3.03. The van der Waals surface area contributed by atoms with E-state index in [1.165, 1.54) is 0 Å². The molecular weight excluding hydrogens is 322 g/mol. The highest BCUT2D eigenvalue weighted by molar-refractivity contribution is 7.09. The Hall–Kier alpha value is -1.76. The largest absolute Gasteiger partial charge is 0.379 e. The molecule has 1 aromatic heterocycles. The Morgan fingerprint density at radius 2 is 2.04 bits per heavy atom. The van der Waals surface area contributed by atoms with Crippen LogP contribution in [-0.4, -0.2) is 54.0 Å². The van der Waals surface area contributed by atoms with Crippen molar-refractivity contribution in [2.24, 2.45) is 0 Å². The molecule has 0 radical (unpaired) electrons. The number of benzene rings is 1. The Morgan fingerprint density at radius 3 is 2.79 bits per heavy atom. The van der Waals surface area contributed by atoms with E-state index in [0.29, 0.717) is 13.0 Å². The van der Waals surface area contributed by atoms with Gasteiger partial charge in [0.05, 0.1) is 38.4 Å². The molecule has 0 spiro atoms. The summed E-state index contributed by atoms with van der Waals surface area (Å²) < 4.78 is 5.37. The maximum absolute atomic E-state index is 12.3. The smallest absolute Gasteiger partial charge is 0.227 e. The maximum Gasteiger partial charge on any atom is 0.227 e. The molecule has 1 aliphatic rings. The van der Waals surface area contributed by atoms with Crippen LogP contribution < -0.4 is 0 Å². The minimum absolute atomic E-state index is 0.115. The first-order chi connectivity index (χ1) is 11.7. The summed E-state index contributed by atoms with van der Waals surface area (Å²) in [5.74, 6) is 0.115. The van der Waals surface area contributed by atoms with Crippen molar-refractivity contribution < 1.29 is 9.53 Å². The number of amides is 1. The highest BCUT2D eigenvalue weighted by atomic mass is 32.1. The first-order valence-corrected chi connectivity index (χ1v) is 9.10. The molecule has 3 rings (SSSR count). The van der Waals surface area contributed by atoms with Crippen molar-refractivity contribution in [3.05, 3.63) is 52.0 Å². The lowest BCUT2D eigenvalue weighted by molar-refractivity contribution is -0.129. The number of rotatable bonds is 6. The third kappa shape index (κ3) is 4.87. The molecule has 2 heterocycles. The van der Waals surface area contributed by atoms with E-state index in [2.05, 4.69) is 15.3 Å². The van der Waals surface area contributed by atoms with Gasteiger partial charge in [0.25, 0.3) is 0 Å². The van der Waals surface area contributed by atoms with E-state index in [-0.39, 0.29) is 5.91 Å². The standard InChI is InChI=1S/C18H23N3O2S/c1-20(18(22)11-15-5-3-2-4-6-15)12-16-14-24-17(19-16)13-21-7-9-23-10-8-21/h2-6,14H,7-13H2,1H3. The van der Waals surface area contributed by atoms with Gasteiger partial charge >= 0.3 is 0 Å². The lowest BCUT2D eigenvalue weighted by Crippen LogP contribution is -2.35. The third-order valence-electron chi connectivity index (χ3n) is 4.08. The molecule has 0 aliphatic carbocycles. The predicted molar refractivity (Wildman–Crippen MR) is 94.8 cm³/mol. The Labute approximate surface area is 146 Å². The van der Waals surface area contributed by atoms with Crippen LogP contribution in [0.2, 0.25) is 0 Å². The van der Waals surface area contributed by atoms with Gasteiger partial charge in [-0.05, 0) is 5.56 Å². The minimum Gasteiger partial charge on any atom is -0.379 e. The van der Waals surface area contributed by atoms with Crippen molar-refractivity contribution in [2.75, 3.05) is 33.4 Å². The summed E-state index contributed by atoms with van der Waals surface area (Å²) in [4.78, 5) is 21.1. The summed E-state index contributed by atoms with van der Waals surface area (Å²) in [5, 5.41) is 3.16.